The smallest absolute Gasteiger partial charge is 0.330 e. The number of carbonyl (C=O) groups excluding carboxylic acids is 1. The Morgan fingerprint density at radius 2 is 2.38 bits per heavy atom. The van der Waals surface area contributed by atoms with E-state index in [1.54, 1.807) is 6.92 Å². The van der Waals surface area contributed by atoms with Gasteiger partial charge in [-0.3, -0.25) is 0 Å². The first-order chi connectivity index (χ1) is 3.31. The van der Waals surface area contributed by atoms with E-state index < -0.39 is 0 Å². The average molecular weight is 137 g/mol. The fraction of sp³-hybridized carbons (Fsp3) is 0.400. The van der Waals surface area contributed by atoms with Crippen molar-refractivity contribution in [1.82, 2.24) is 0 Å². The summed E-state index contributed by atoms with van der Waals surface area (Å²) >= 11 is 0. The highest BCUT2D eigenvalue weighted by Gasteiger charge is 1.86. The molecule has 3 heteroatoms. The van der Waals surface area contributed by atoms with Gasteiger partial charge in [0.15, 0.2) is 0 Å². The van der Waals surface area contributed by atoms with Crippen molar-refractivity contribution in [3.05, 3.63) is 12.7 Å². The van der Waals surface area contributed by atoms with Crippen LogP contribution in [-0.2, 0) is 9.53 Å². The number of halogens is 1. The highest BCUT2D eigenvalue weighted by Crippen LogP contribution is 1.74. The molecule has 0 aromatic rings. The predicted octanol–water partition coefficient (Wildman–Crippen LogP) is 1.16. The number of ether oxygens (including phenoxy) is 1. The lowest BCUT2D eigenvalue weighted by Crippen LogP contribution is -1.97. The Bertz CT molecular complexity index is 80.5. The molecule has 0 amide bonds. The Morgan fingerprint density at radius 3 is 2.50 bits per heavy atom. The fourth-order valence-corrected chi connectivity index (χ4v) is 0.201. The first-order valence-electron chi connectivity index (χ1n) is 2.10. The van der Waals surface area contributed by atoms with Crippen LogP contribution in [0.5, 0.6) is 0 Å². The maximum absolute atomic E-state index is 10.1. The quantitative estimate of drug-likeness (QED) is 0.421. The monoisotopic (exact) mass is 136 g/mol. The molecule has 0 aliphatic carbocycles. The molecule has 2 nitrogen and oxygen atoms in total. The molecule has 0 N–H and O–H groups in total. The Hall–Kier alpha value is -0.500. The van der Waals surface area contributed by atoms with Crippen LogP contribution in [0.2, 0.25) is 0 Å². The van der Waals surface area contributed by atoms with E-state index in [9.17, 15) is 4.79 Å². The lowest BCUT2D eigenvalue weighted by molar-refractivity contribution is -0.137. The molecule has 0 spiro atoms. The molecule has 0 unspecified atom stereocenters. The molecule has 48 valence electrons. The second kappa shape index (κ2) is 6.50. The molecular weight excluding hydrogens is 128 g/mol. The van der Waals surface area contributed by atoms with Crippen LogP contribution in [-0.4, -0.2) is 12.6 Å². The second-order valence-corrected chi connectivity index (χ2v) is 0.956. The van der Waals surface area contributed by atoms with Gasteiger partial charge < -0.3 is 4.74 Å². The van der Waals surface area contributed by atoms with Crippen molar-refractivity contribution in [2.45, 2.75) is 6.92 Å². The fourth-order valence-electron chi connectivity index (χ4n) is 0.201. The molecular formula is C5H9ClO2. The van der Waals surface area contributed by atoms with Crippen LogP contribution in [0.15, 0.2) is 12.7 Å². The minimum atomic E-state index is -0.359. The molecule has 0 fully saturated rings. The van der Waals surface area contributed by atoms with Gasteiger partial charge in [0, 0.05) is 6.08 Å². The molecule has 0 aliphatic rings. The lowest BCUT2D eigenvalue weighted by atomic mass is 10.6. The van der Waals surface area contributed by atoms with Gasteiger partial charge in [-0.15, -0.1) is 12.4 Å². The Morgan fingerprint density at radius 1 is 1.88 bits per heavy atom. The largest absolute Gasteiger partial charge is 0.463 e. The van der Waals surface area contributed by atoms with Crippen LogP contribution in [0.4, 0.5) is 0 Å². The van der Waals surface area contributed by atoms with E-state index in [4.69, 9.17) is 0 Å². The van der Waals surface area contributed by atoms with Gasteiger partial charge in [0.05, 0.1) is 6.61 Å². The zero-order valence-electron chi connectivity index (χ0n) is 4.72. The number of hydrogen-bond acceptors (Lipinski definition) is 2. The predicted molar refractivity (Wildman–Crippen MR) is 34.1 cm³/mol. The highest BCUT2D eigenvalue weighted by atomic mass is 35.5. The standard InChI is InChI=1S/C5H8O2.ClH/c1-3-5(6)7-4-2;/h3H,1,4H2,2H3;1H. The minimum Gasteiger partial charge on any atom is -0.463 e. The summed E-state index contributed by atoms with van der Waals surface area (Å²) in [6.07, 6.45) is 1.14. The molecule has 0 bridgehead atoms. The first kappa shape index (κ1) is 10.5. The van der Waals surface area contributed by atoms with Gasteiger partial charge in [-0.05, 0) is 6.92 Å². The highest BCUT2D eigenvalue weighted by molar-refractivity contribution is 5.85. The third kappa shape index (κ3) is 5.50. The molecule has 0 aromatic carbocycles. The van der Waals surface area contributed by atoms with Crippen molar-refractivity contribution in [2.24, 2.45) is 0 Å². The van der Waals surface area contributed by atoms with Crippen LogP contribution in [0, 0.1) is 0 Å². The van der Waals surface area contributed by atoms with Crippen LogP contribution in [0.3, 0.4) is 0 Å². The normalized spacial score (nSPS) is 6.62. The Balaban J connectivity index is 0. The van der Waals surface area contributed by atoms with Crippen molar-refractivity contribution in [2.75, 3.05) is 6.61 Å². The second-order valence-electron chi connectivity index (χ2n) is 0.956. The van der Waals surface area contributed by atoms with Gasteiger partial charge in [-0.1, -0.05) is 6.58 Å². The van der Waals surface area contributed by atoms with Gasteiger partial charge in [0.1, 0.15) is 0 Å². The summed E-state index contributed by atoms with van der Waals surface area (Å²) < 4.78 is 4.43. The van der Waals surface area contributed by atoms with Crippen LogP contribution < -0.4 is 0 Å². The SMILES string of the molecule is C=CC(=O)OCC.Cl. The lowest BCUT2D eigenvalue weighted by Gasteiger charge is -1.90. The van der Waals surface area contributed by atoms with Gasteiger partial charge in [0.2, 0.25) is 0 Å². The van der Waals surface area contributed by atoms with E-state index in [2.05, 4.69) is 11.3 Å². The molecule has 0 aliphatic heterocycles. The summed E-state index contributed by atoms with van der Waals surface area (Å²) in [7, 11) is 0. The van der Waals surface area contributed by atoms with Crippen molar-refractivity contribution in [3.8, 4) is 0 Å². The summed E-state index contributed by atoms with van der Waals surface area (Å²) in [5.41, 5.74) is 0. The van der Waals surface area contributed by atoms with Crippen molar-refractivity contribution in [3.63, 3.8) is 0 Å². The first-order valence-corrected chi connectivity index (χ1v) is 2.10. The summed E-state index contributed by atoms with van der Waals surface area (Å²) in [6, 6.07) is 0. The maximum atomic E-state index is 10.1. The van der Waals surface area contributed by atoms with Gasteiger partial charge >= 0.3 is 5.97 Å². The van der Waals surface area contributed by atoms with Crippen molar-refractivity contribution >= 4 is 18.4 Å². The van der Waals surface area contributed by atoms with Crippen molar-refractivity contribution < 1.29 is 9.53 Å². The van der Waals surface area contributed by atoms with E-state index in [0.29, 0.717) is 6.61 Å². The number of rotatable bonds is 2. The molecule has 0 atom stereocenters. The van der Waals surface area contributed by atoms with E-state index in [0.717, 1.165) is 6.08 Å². The van der Waals surface area contributed by atoms with Gasteiger partial charge in [-0.2, -0.15) is 0 Å². The summed E-state index contributed by atoms with van der Waals surface area (Å²) in [4.78, 5) is 10.1. The van der Waals surface area contributed by atoms with E-state index in [1.165, 1.54) is 0 Å². The molecule has 0 aromatic heterocycles. The zero-order valence-corrected chi connectivity index (χ0v) is 5.53. The molecule has 0 heterocycles. The van der Waals surface area contributed by atoms with E-state index >= 15 is 0 Å². The topological polar surface area (TPSA) is 26.3 Å². The third-order valence-corrected chi connectivity index (χ3v) is 0.453. The average Bonchev–Trinajstić information content (AvgIpc) is 1.68. The molecule has 0 saturated carbocycles. The van der Waals surface area contributed by atoms with Crippen molar-refractivity contribution in [1.29, 1.82) is 0 Å². The molecule has 8 heavy (non-hydrogen) atoms. The zero-order chi connectivity index (χ0) is 5.70. The van der Waals surface area contributed by atoms with Crippen LogP contribution in [0.1, 0.15) is 6.92 Å². The summed E-state index contributed by atoms with van der Waals surface area (Å²) in [5, 5.41) is 0. The van der Waals surface area contributed by atoms with Crippen LogP contribution in [0.25, 0.3) is 0 Å². The van der Waals surface area contributed by atoms with E-state index in [-0.39, 0.29) is 18.4 Å². The van der Waals surface area contributed by atoms with E-state index in [1.807, 2.05) is 0 Å². The van der Waals surface area contributed by atoms with Gasteiger partial charge in [0.25, 0.3) is 0 Å². The molecule has 0 saturated heterocycles. The Kier molecular flexibility index (Phi) is 8.51. The van der Waals surface area contributed by atoms with Gasteiger partial charge in [-0.25, -0.2) is 4.79 Å². The number of hydrogen-bond donors (Lipinski definition) is 0. The Labute approximate surface area is 54.9 Å². The summed E-state index contributed by atoms with van der Waals surface area (Å²) in [5.74, 6) is -0.359. The summed E-state index contributed by atoms with van der Waals surface area (Å²) in [6.45, 7) is 5.38. The number of esters is 1. The van der Waals surface area contributed by atoms with Crippen LogP contribution >= 0.6 is 12.4 Å². The number of carbonyl (C=O) groups is 1. The minimum absolute atomic E-state index is 0. The maximum Gasteiger partial charge on any atom is 0.330 e. The third-order valence-electron chi connectivity index (χ3n) is 0.453. The molecule has 0 rings (SSSR count). The molecule has 0 radical (unpaired) electrons.